The van der Waals surface area contributed by atoms with Gasteiger partial charge in [-0.2, -0.15) is 0 Å². The van der Waals surface area contributed by atoms with E-state index < -0.39 is 27.3 Å². The van der Waals surface area contributed by atoms with Crippen molar-refractivity contribution in [3.63, 3.8) is 0 Å². The van der Waals surface area contributed by atoms with Gasteiger partial charge >= 0.3 is 0 Å². The Hall–Kier alpha value is -2.36. The van der Waals surface area contributed by atoms with Gasteiger partial charge in [-0.05, 0) is 55.4 Å². The van der Waals surface area contributed by atoms with Crippen molar-refractivity contribution < 1.29 is 17.6 Å². The van der Waals surface area contributed by atoms with Crippen molar-refractivity contribution in [2.75, 3.05) is 36.8 Å². The monoisotopic (exact) mass is 477 g/mol. The number of aryl methyl sites for hydroxylation is 1. The summed E-state index contributed by atoms with van der Waals surface area (Å²) < 4.78 is 39.8. The van der Waals surface area contributed by atoms with Crippen LogP contribution in [0.15, 0.2) is 47.4 Å². The number of fused-ring (bicyclic) bond motifs is 1. The van der Waals surface area contributed by atoms with Crippen molar-refractivity contribution in [2.45, 2.75) is 32.1 Å². The highest BCUT2D eigenvalue weighted by Crippen LogP contribution is 2.31. The van der Waals surface area contributed by atoms with E-state index in [9.17, 15) is 17.6 Å². The van der Waals surface area contributed by atoms with Crippen LogP contribution in [0.1, 0.15) is 26.3 Å². The molecule has 1 heterocycles. The van der Waals surface area contributed by atoms with Gasteiger partial charge < -0.3 is 4.90 Å². The van der Waals surface area contributed by atoms with Gasteiger partial charge in [0.2, 0.25) is 5.91 Å². The normalized spacial score (nSPS) is 11.9. The first kappa shape index (κ1) is 24.3. The number of hydrogen-bond acceptors (Lipinski definition) is 6. The lowest BCUT2D eigenvalue weighted by molar-refractivity contribution is -0.116. The average Bonchev–Trinajstić information content (AvgIpc) is 3.20. The minimum atomic E-state index is -3.92. The standard InChI is InChI=1S/C23H28FN3O3S2/c1-4-17-8-7-9-20-22(17)25-23(31-20)27(15-14-26(5-2)6-3)21(28)16-32(29,30)19-12-10-18(24)11-13-19/h7-13H,4-6,14-16H2,1-3H3. The molecule has 0 spiro atoms. The highest BCUT2D eigenvalue weighted by molar-refractivity contribution is 7.92. The molecule has 0 bridgehead atoms. The molecule has 0 atom stereocenters. The number of hydrogen-bond donors (Lipinski definition) is 0. The summed E-state index contributed by atoms with van der Waals surface area (Å²) in [4.78, 5) is 21.5. The Morgan fingerprint density at radius 1 is 1.03 bits per heavy atom. The van der Waals surface area contributed by atoms with Crippen molar-refractivity contribution in [3.05, 3.63) is 53.8 Å². The summed E-state index contributed by atoms with van der Waals surface area (Å²) in [5.41, 5.74) is 1.93. The van der Waals surface area contributed by atoms with E-state index in [-0.39, 0.29) is 4.90 Å². The van der Waals surface area contributed by atoms with Gasteiger partial charge in [-0.15, -0.1) is 0 Å². The zero-order valence-electron chi connectivity index (χ0n) is 18.5. The number of amides is 1. The van der Waals surface area contributed by atoms with Gasteiger partial charge in [-0.3, -0.25) is 9.69 Å². The molecular weight excluding hydrogens is 449 g/mol. The smallest absolute Gasteiger partial charge is 0.244 e. The molecule has 0 fully saturated rings. The minimum absolute atomic E-state index is 0.0755. The molecule has 0 aliphatic rings. The summed E-state index contributed by atoms with van der Waals surface area (Å²) in [5.74, 6) is -1.77. The molecule has 0 radical (unpaired) electrons. The second-order valence-corrected chi connectivity index (χ2v) is 10.4. The molecule has 6 nitrogen and oxygen atoms in total. The second kappa shape index (κ2) is 10.5. The molecule has 3 rings (SSSR count). The van der Waals surface area contributed by atoms with E-state index in [4.69, 9.17) is 4.98 Å². The van der Waals surface area contributed by atoms with Crippen molar-refractivity contribution >= 4 is 42.4 Å². The molecule has 0 aliphatic heterocycles. The molecule has 172 valence electrons. The van der Waals surface area contributed by atoms with E-state index in [1.54, 1.807) is 0 Å². The van der Waals surface area contributed by atoms with Crippen LogP contribution >= 0.6 is 11.3 Å². The number of nitrogens with zero attached hydrogens (tertiary/aromatic N) is 3. The van der Waals surface area contributed by atoms with Crippen LogP contribution in [-0.2, 0) is 21.1 Å². The predicted octanol–water partition coefficient (Wildman–Crippen LogP) is 4.15. The van der Waals surface area contributed by atoms with Gasteiger partial charge in [0.25, 0.3) is 0 Å². The largest absolute Gasteiger partial charge is 0.302 e. The van der Waals surface area contributed by atoms with Crippen LogP contribution in [-0.4, -0.2) is 56.1 Å². The van der Waals surface area contributed by atoms with Gasteiger partial charge in [0.05, 0.1) is 15.1 Å². The van der Waals surface area contributed by atoms with Crippen LogP contribution in [0.2, 0.25) is 0 Å². The Labute approximate surface area is 192 Å². The molecule has 1 aromatic heterocycles. The lowest BCUT2D eigenvalue weighted by Crippen LogP contribution is -2.41. The number of para-hydroxylation sites is 1. The Balaban J connectivity index is 1.93. The molecule has 2 aromatic carbocycles. The highest BCUT2D eigenvalue weighted by Gasteiger charge is 2.27. The number of carbonyl (C=O) groups is 1. The number of aromatic nitrogens is 1. The summed E-state index contributed by atoms with van der Waals surface area (Å²) in [5, 5.41) is 0.493. The summed E-state index contributed by atoms with van der Waals surface area (Å²) in [6, 6.07) is 10.5. The van der Waals surface area contributed by atoms with Gasteiger partial charge in [-0.1, -0.05) is 44.2 Å². The van der Waals surface area contributed by atoms with Gasteiger partial charge in [0.1, 0.15) is 11.6 Å². The molecule has 0 N–H and O–H groups in total. The predicted molar refractivity (Wildman–Crippen MR) is 128 cm³/mol. The number of likely N-dealkylation sites (N-methyl/N-ethyl adjacent to an activating group) is 1. The molecule has 0 saturated carbocycles. The lowest BCUT2D eigenvalue weighted by atomic mass is 10.1. The number of benzene rings is 2. The van der Waals surface area contributed by atoms with Gasteiger partial charge in [0, 0.05) is 13.1 Å². The number of halogens is 1. The minimum Gasteiger partial charge on any atom is -0.302 e. The number of carbonyl (C=O) groups excluding carboxylic acids is 1. The molecule has 1 amide bonds. The van der Waals surface area contributed by atoms with Crippen molar-refractivity contribution in [2.24, 2.45) is 0 Å². The third-order valence-corrected chi connectivity index (χ3v) is 8.09. The third-order valence-electron chi connectivity index (χ3n) is 5.42. The molecule has 0 unspecified atom stereocenters. The van der Waals surface area contributed by atoms with E-state index in [1.165, 1.54) is 28.4 Å². The van der Waals surface area contributed by atoms with Crippen molar-refractivity contribution in [1.29, 1.82) is 0 Å². The number of anilines is 1. The van der Waals surface area contributed by atoms with Crippen LogP contribution < -0.4 is 4.90 Å². The van der Waals surface area contributed by atoms with E-state index in [0.717, 1.165) is 47.4 Å². The molecule has 9 heteroatoms. The molecule has 3 aromatic rings. The van der Waals surface area contributed by atoms with E-state index in [2.05, 4.69) is 4.90 Å². The summed E-state index contributed by atoms with van der Waals surface area (Å²) in [6.07, 6.45) is 0.812. The first-order valence-corrected chi connectivity index (χ1v) is 13.1. The zero-order chi connectivity index (χ0) is 23.3. The first-order valence-electron chi connectivity index (χ1n) is 10.7. The van der Waals surface area contributed by atoms with Crippen LogP contribution in [0.25, 0.3) is 10.2 Å². The lowest BCUT2D eigenvalue weighted by Gasteiger charge is -2.24. The SMILES string of the molecule is CCc1cccc2sc(N(CCN(CC)CC)C(=O)CS(=O)(=O)c3ccc(F)cc3)nc12. The third kappa shape index (κ3) is 5.51. The van der Waals surface area contributed by atoms with Gasteiger partial charge in [0.15, 0.2) is 15.0 Å². The molecular formula is C23H28FN3O3S2. The highest BCUT2D eigenvalue weighted by atomic mass is 32.2. The molecule has 0 aliphatic carbocycles. The zero-order valence-corrected chi connectivity index (χ0v) is 20.2. The Morgan fingerprint density at radius 2 is 1.72 bits per heavy atom. The Kier molecular flexibility index (Phi) is 7.97. The van der Waals surface area contributed by atoms with Crippen molar-refractivity contribution in [3.8, 4) is 0 Å². The van der Waals surface area contributed by atoms with Crippen molar-refractivity contribution in [1.82, 2.24) is 9.88 Å². The average molecular weight is 478 g/mol. The van der Waals surface area contributed by atoms with E-state index >= 15 is 0 Å². The summed E-state index contributed by atoms with van der Waals surface area (Å²) >= 11 is 1.38. The van der Waals surface area contributed by atoms with Crippen LogP contribution in [0, 0.1) is 5.82 Å². The Morgan fingerprint density at radius 3 is 2.34 bits per heavy atom. The maximum atomic E-state index is 13.2. The van der Waals surface area contributed by atoms with E-state index in [0.29, 0.717) is 18.2 Å². The Bertz CT molecular complexity index is 1170. The number of rotatable bonds is 10. The fraction of sp³-hybridized carbons (Fsp3) is 0.391. The van der Waals surface area contributed by atoms with Gasteiger partial charge in [-0.25, -0.2) is 17.8 Å². The fourth-order valence-corrected chi connectivity index (χ4v) is 5.72. The summed E-state index contributed by atoms with van der Waals surface area (Å²) in [7, 11) is -3.92. The molecule has 32 heavy (non-hydrogen) atoms. The first-order chi connectivity index (χ1) is 15.3. The second-order valence-electron chi connectivity index (χ2n) is 7.40. The topological polar surface area (TPSA) is 70.6 Å². The number of sulfone groups is 1. The summed E-state index contributed by atoms with van der Waals surface area (Å²) in [6.45, 7) is 8.72. The maximum absolute atomic E-state index is 13.2. The quantitative estimate of drug-likeness (QED) is 0.411. The maximum Gasteiger partial charge on any atom is 0.244 e. The fourth-order valence-electron chi connectivity index (χ4n) is 3.47. The van der Waals surface area contributed by atoms with Crippen LogP contribution in [0.5, 0.6) is 0 Å². The number of thiazole rings is 1. The van der Waals surface area contributed by atoms with Crippen LogP contribution in [0.3, 0.4) is 0 Å². The van der Waals surface area contributed by atoms with E-state index in [1.807, 2.05) is 39.0 Å². The van der Waals surface area contributed by atoms with Crippen LogP contribution in [0.4, 0.5) is 9.52 Å². The molecule has 0 saturated heterocycles.